The molecule has 2 aromatic rings. The van der Waals surface area contributed by atoms with E-state index in [1.807, 2.05) is 30.3 Å². The Labute approximate surface area is 158 Å². The van der Waals surface area contributed by atoms with Gasteiger partial charge in [-0.3, -0.25) is 4.79 Å². The predicted octanol–water partition coefficient (Wildman–Crippen LogP) is 2.88. The molecule has 0 aliphatic carbocycles. The smallest absolute Gasteiger partial charge is 0.326 e. The molecule has 142 valence electrons. The normalized spacial score (nSPS) is 17.7. The first kappa shape index (κ1) is 18.9. The number of carboxylic acids is 1. The van der Waals surface area contributed by atoms with Crippen molar-refractivity contribution >= 4 is 11.9 Å². The van der Waals surface area contributed by atoms with Gasteiger partial charge in [0.1, 0.15) is 18.4 Å². The summed E-state index contributed by atoms with van der Waals surface area (Å²) in [6, 6.07) is 15.5. The van der Waals surface area contributed by atoms with E-state index in [4.69, 9.17) is 9.47 Å². The highest BCUT2D eigenvalue weighted by Gasteiger charge is 2.31. The Balaban J connectivity index is 1.58. The Morgan fingerprint density at radius 2 is 1.89 bits per heavy atom. The molecule has 0 spiro atoms. The predicted molar refractivity (Wildman–Crippen MR) is 99.6 cm³/mol. The maximum atomic E-state index is 12.4. The van der Waals surface area contributed by atoms with Crippen molar-refractivity contribution < 1.29 is 24.2 Å². The van der Waals surface area contributed by atoms with Gasteiger partial charge in [0.15, 0.2) is 0 Å². The molecular weight excluding hydrogens is 346 g/mol. The van der Waals surface area contributed by atoms with Crippen molar-refractivity contribution in [3.05, 3.63) is 65.7 Å². The first-order chi connectivity index (χ1) is 13.1. The molecule has 1 fully saturated rings. The number of hydrogen-bond donors (Lipinski definition) is 2. The Morgan fingerprint density at radius 1 is 1.15 bits per heavy atom. The zero-order valence-corrected chi connectivity index (χ0v) is 15.0. The highest BCUT2D eigenvalue weighted by molar-refractivity contribution is 5.96. The lowest BCUT2D eigenvalue weighted by Gasteiger charge is -2.28. The van der Waals surface area contributed by atoms with Gasteiger partial charge in [-0.25, -0.2) is 4.79 Å². The largest absolute Gasteiger partial charge is 0.489 e. The molecule has 3 rings (SSSR count). The number of carboxylic acid groups (broad SMARTS) is 1. The maximum Gasteiger partial charge on any atom is 0.326 e. The van der Waals surface area contributed by atoms with E-state index in [-0.39, 0.29) is 5.92 Å². The number of benzene rings is 2. The van der Waals surface area contributed by atoms with Crippen molar-refractivity contribution in [3.63, 3.8) is 0 Å². The highest BCUT2D eigenvalue weighted by Crippen LogP contribution is 2.19. The van der Waals surface area contributed by atoms with Gasteiger partial charge in [-0.05, 0) is 42.7 Å². The van der Waals surface area contributed by atoms with Gasteiger partial charge in [0.2, 0.25) is 0 Å². The van der Waals surface area contributed by atoms with Gasteiger partial charge in [0.25, 0.3) is 5.91 Å². The van der Waals surface area contributed by atoms with Crippen LogP contribution >= 0.6 is 0 Å². The maximum absolute atomic E-state index is 12.4. The molecule has 0 aromatic heterocycles. The zero-order chi connectivity index (χ0) is 19.1. The van der Waals surface area contributed by atoms with Gasteiger partial charge in [0, 0.05) is 18.1 Å². The Bertz CT molecular complexity index is 754. The molecule has 2 aromatic carbocycles. The van der Waals surface area contributed by atoms with Crippen LogP contribution < -0.4 is 10.1 Å². The Hall–Kier alpha value is -2.86. The van der Waals surface area contributed by atoms with Crippen LogP contribution in [0.1, 0.15) is 28.8 Å². The molecule has 0 saturated carbocycles. The SMILES string of the molecule is O=C(NC(C(=O)O)C1CCCOC1)c1ccc(OCc2ccccc2)cc1. The van der Waals surface area contributed by atoms with Crippen molar-refractivity contribution in [1.82, 2.24) is 5.32 Å². The Morgan fingerprint density at radius 3 is 2.52 bits per heavy atom. The second-order valence-corrected chi connectivity index (χ2v) is 6.57. The molecule has 2 atom stereocenters. The van der Waals surface area contributed by atoms with Crippen LogP contribution in [0.2, 0.25) is 0 Å². The van der Waals surface area contributed by atoms with E-state index < -0.39 is 17.9 Å². The second kappa shape index (κ2) is 9.19. The summed E-state index contributed by atoms with van der Waals surface area (Å²) >= 11 is 0. The fourth-order valence-electron chi connectivity index (χ4n) is 3.08. The molecule has 0 bridgehead atoms. The summed E-state index contributed by atoms with van der Waals surface area (Å²) in [5, 5.41) is 12.1. The fraction of sp³-hybridized carbons (Fsp3) is 0.333. The first-order valence-corrected chi connectivity index (χ1v) is 9.01. The van der Waals surface area contributed by atoms with E-state index in [9.17, 15) is 14.7 Å². The topological polar surface area (TPSA) is 84.9 Å². The lowest BCUT2D eigenvalue weighted by atomic mass is 9.93. The third kappa shape index (κ3) is 5.31. The molecule has 6 nitrogen and oxygen atoms in total. The molecule has 27 heavy (non-hydrogen) atoms. The summed E-state index contributed by atoms with van der Waals surface area (Å²) in [5.41, 5.74) is 1.45. The van der Waals surface area contributed by atoms with Crippen molar-refractivity contribution in [3.8, 4) is 5.75 Å². The number of ether oxygens (including phenoxy) is 2. The van der Waals surface area contributed by atoms with Gasteiger partial charge in [0.05, 0.1) is 6.61 Å². The average Bonchev–Trinajstić information content (AvgIpc) is 2.72. The van der Waals surface area contributed by atoms with Crippen LogP contribution in [0, 0.1) is 5.92 Å². The summed E-state index contributed by atoms with van der Waals surface area (Å²) in [5.74, 6) is -1.02. The molecule has 2 unspecified atom stereocenters. The molecule has 6 heteroatoms. The number of hydrogen-bond acceptors (Lipinski definition) is 4. The van der Waals surface area contributed by atoms with Crippen molar-refractivity contribution in [2.45, 2.75) is 25.5 Å². The van der Waals surface area contributed by atoms with Crippen molar-refractivity contribution in [1.29, 1.82) is 0 Å². The average molecular weight is 369 g/mol. The number of amides is 1. The van der Waals surface area contributed by atoms with E-state index in [0.717, 1.165) is 18.4 Å². The molecule has 0 radical (unpaired) electrons. The molecule has 1 heterocycles. The number of rotatable bonds is 7. The highest BCUT2D eigenvalue weighted by atomic mass is 16.5. The van der Waals surface area contributed by atoms with Crippen LogP contribution in [0.4, 0.5) is 0 Å². The molecule has 2 N–H and O–H groups in total. The third-order valence-corrected chi connectivity index (χ3v) is 4.58. The van der Waals surface area contributed by atoms with Crippen LogP contribution in [-0.4, -0.2) is 36.2 Å². The van der Waals surface area contributed by atoms with Gasteiger partial charge < -0.3 is 19.9 Å². The van der Waals surface area contributed by atoms with E-state index in [2.05, 4.69) is 5.32 Å². The number of aliphatic carboxylic acids is 1. The third-order valence-electron chi connectivity index (χ3n) is 4.58. The molecule has 1 aliphatic heterocycles. The van der Waals surface area contributed by atoms with Gasteiger partial charge >= 0.3 is 5.97 Å². The van der Waals surface area contributed by atoms with Crippen LogP contribution in [-0.2, 0) is 16.1 Å². The molecular formula is C21H23NO5. The number of nitrogens with one attached hydrogen (secondary N) is 1. The van der Waals surface area contributed by atoms with E-state index >= 15 is 0 Å². The van der Waals surface area contributed by atoms with Gasteiger partial charge in [-0.15, -0.1) is 0 Å². The fourth-order valence-corrected chi connectivity index (χ4v) is 3.08. The van der Waals surface area contributed by atoms with Crippen LogP contribution in [0.15, 0.2) is 54.6 Å². The summed E-state index contributed by atoms with van der Waals surface area (Å²) in [6.45, 7) is 1.43. The molecule has 1 amide bonds. The summed E-state index contributed by atoms with van der Waals surface area (Å²) < 4.78 is 11.0. The summed E-state index contributed by atoms with van der Waals surface area (Å²) in [6.07, 6.45) is 1.53. The van der Waals surface area contributed by atoms with E-state index in [1.54, 1.807) is 24.3 Å². The quantitative estimate of drug-likeness (QED) is 0.784. The van der Waals surface area contributed by atoms with E-state index in [0.29, 0.717) is 31.1 Å². The van der Waals surface area contributed by atoms with Gasteiger partial charge in [-0.2, -0.15) is 0 Å². The van der Waals surface area contributed by atoms with Crippen LogP contribution in [0.3, 0.4) is 0 Å². The minimum atomic E-state index is -1.04. The minimum absolute atomic E-state index is 0.214. The first-order valence-electron chi connectivity index (χ1n) is 9.01. The lowest BCUT2D eigenvalue weighted by Crippen LogP contribution is -2.48. The Kier molecular flexibility index (Phi) is 6.44. The molecule has 1 aliphatic rings. The van der Waals surface area contributed by atoms with Crippen LogP contribution in [0.25, 0.3) is 0 Å². The summed E-state index contributed by atoms with van der Waals surface area (Å²) in [7, 11) is 0. The van der Waals surface area contributed by atoms with Crippen molar-refractivity contribution in [2.24, 2.45) is 5.92 Å². The van der Waals surface area contributed by atoms with Crippen molar-refractivity contribution in [2.75, 3.05) is 13.2 Å². The number of carbonyl (C=O) groups is 2. The number of carbonyl (C=O) groups excluding carboxylic acids is 1. The standard InChI is InChI=1S/C21H23NO5/c23-20(22-19(21(24)25)17-7-4-12-26-14-17)16-8-10-18(11-9-16)27-13-15-5-2-1-3-6-15/h1-3,5-6,8-11,17,19H,4,7,12-14H2,(H,22,23)(H,24,25). The zero-order valence-electron chi connectivity index (χ0n) is 15.0. The monoisotopic (exact) mass is 369 g/mol. The lowest BCUT2D eigenvalue weighted by molar-refractivity contribution is -0.142. The van der Waals surface area contributed by atoms with Gasteiger partial charge in [-0.1, -0.05) is 30.3 Å². The second-order valence-electron chi connectivity index (χ2n) is 6.57. The van der Waals surface area contributed by atoms with E-state index in [1.165, 1.54) is 0 Å². The van der Waals surface area contributed by atoms with Crippen LogP contribution in [0.5, 0.6) is 5.75 Å². The minimum Gasteiger partial charge on any atom is -0.489 e. The molecule has 1 saturated heterocycles. The summed E-state index contributed by atoms with van der Waals surface area (Å²) in [4.78, 5) is 24.0.